The van der Waals surface area contributed by atoms with Crippen LogP contribution < -0.4 is 0 Å². The molecule has 0 amide bonds. The van der Waals surface area contributed by atoms with Gasteiger partial charge in [-0.25, -0.2) is 15.0 Å². The van der Waals surface area contributed by atoms with E-state index in [0.29, 0.717) is 17.5 Å². The van der Waals surface area contributed by atoms with Crippen molar-refractivity contribution >= 4 is 0 Å². The van der Waals surface area contributed by atoms with Crippen LogP contribution in [0, 0.1) is 0 Å². The van der Waals surface area contributed by atoms with Crippen molar-refractivity contribution in [3.63, 3.8) is 0 Å². The number of hydrogen-bond acceptors (Lipinski definition) is 3. The summed E-state index contributed by atoms with van der Waals surface area (Å²) in [6.07, 6.45) is 0. The van der Waals surface area contributed by atoms with Crippen molar-refractivity contribution in [2.75, 3.05) is 0 Å². The second-order valence-electron chi connectivity index (χ2n) is 17.4. The van der Waals surface area contributed by atoms with E-state index >= 15 is 0 Å². The largest absolute Gasteiger partial charge is 0.208 e. The van der Waals surface area contributed by atoms with Gasteiger partial charge in [0.05, 0.1) is 5.41 Å². The summed E-state index contributed by atoms with van der Waals surface area (Å²) < 4.78 is 0. The fourth-order valence-electron chi connectivity index (χ4n) is 10.8. The number of hydrogen-bond donors (Lipinski definition) is 0. The molecule has 2 aliphatic rings. The molecule has 3 nitrogen and oxygen atoms in total. The van der Waals surface area contributed by atoms with Crippen LogP contribution in [0.5, 0.6) is 0 Å². The van der Waals surface area contributed by atoms with Gasteiger partial charge in [-0.3, -0.25) is 0 Å². The number of aromatic nitrogens is 3. The SMILES string of the molecule is c1ccc(-c2nc(-c3cccc(-c4cc(-c5ccccc5)c(-c5ccccc5)c(-c5ccccc5)c4)c3)nc(-c3ccc4c(c3)C3(c5ccccc5-c5ccccc53)c3ccccc3-4)n2)cc1. The van der Waals surface area contributed by atoms with Gasteiger partial charge in [-0.15, -0.1) is 0 Å². The molecular formula is C64H41N3. The minimum absolute atomic E-state index is 0.477. The normalized spacial score (nSPS) is 12.6. The number of nitrogens with zero attached hydrogens (tertiary/aromatic N) is 3. The van der Waals surface area contributed by atoms with Gasteiger partial charge in [0.2, 0.25) is 0 Å². The number of fused-ring (bicyclic) bond motifs is 10. The molecule has 1 spiro atoms. The molecular weight excluding hydrogens is 811 g/mol. The molecule has 13 rings (SSSR count). The summed E-state index contributed by atoms with van der Waals surface area (Å²) in [5.41, 5.74) is 21.8. The van der Waals surface area contributed by atoms with E-state index in [4.69, 9.17) is 15.0 Å². The van der Waals surface area contributed by atoms with Crippen LogP contribution in [0.15, 0.2) is 249 Å². The first-order valence-corrected chi connectivity index (χ1v) is 22.9. The molecule has 11 aromatic rings. The molecule has 0 radical (unpaired) electrons. The standard InChI is InChI=1S/C64H41N3/c1-5-20-42(21-6-1)54-39-49(40-55(43-22-7-2-8-23-43)60(54)44-24-9-3-10-25-44)46-28-19-29-47(38-46)62-65-61(45-26-11-4-12-27-45)66-63(67-62)48-36-37-53-52-32-15-18-35-58(52)64(59(53)41-48)56-33-16-13-30-50(56)51-31-14-17-34-57(51)64/h1-41H. The molecule has 2 aliphatic carbocycles. The van der Waals surface area contributed by atoms with Crippen molar-refractivity contribution in [1.82, 2.24) is 15.0 Å². The summed E-state index contributed by atoms with van der Waals surface area (Å²) in [5, 5.41) is 0. The van der Waals surface area contributed by atoms with Crippen molar-refractivity contribution in [1.29, 1.82) is 0 Å². The Morgan fingerprint density at radius 1 is 0.209 bits per heavy atom. The van der Waals surface area contributed by atoms with Crippen molar-refractivity contribution in [2.45, 2.75) is 5.41 Å². The van der Waals surface area contributed by atoms with Gasteiger partial charge >= 0.3 is 0 Å². The van der Waals surface area contributed by atoms with E-state index < -0.39 is 5.41 Å². The predicted octanol–water partition coefficient (Wildman–Crippen LogP) is 15.9. The maximum atomic E-state index is 5.37. The fraction of sp³-hybridized carbons (Fsp3) is 0.0156. The van der Waals surface area contributed by atoms with Gasteiger partial charge < -0.3 is 0 Å². The molecule has 67 heavy (non-hydrogen) atoms. The molecule has 312 valence electrons. The lowest BCUT2D eigenvalue weighted by atomic mass is 9.70. The zero-order valence-corrected chi connectivity index (χ0v) is 36.5. The Kier molecular flexibility index (Phi) is 9.07. The molecule has 0 bridgehead atoms. The smallest absolute Gasteiger partial charge is 0.164 e. The Labute approximate surface area is 390 Å². The van der Waals surface area contributed by atoms with Gasteiger partial charge in [0.1, 0.15) is 0 Å². The molecule has 0 aliphatic heterocycles. The van der Waals surface area contributed by atoms with E-state index in [0.717, 1.165) is 38.9 Å². The van der Waals surface area contributed by atoms with Crippen molar-refractivity contribution in [2.24, 2.45) is 0 Å². The predicted molar refractivity (Wildman–Crippen MR) is 274 cm³/mol. The van der Waals surface area contributed by atoms with Crippen LogP contribution in [-0.4, -0.2) is 15.0 Å². The highest BCUT2D eigenvalue weighted by Gasteiger charge is 2.51. The quantitative estimate of drug-likeness (QED) is 0.160. The van der Waals surface area contributed by atoms with E-state index in [1.165, 1.54) is 66.8 Å². The molecule has 0 atom stereocenters. The van der Waals surface area contributed by atoms with Crippen molar-refractivity contribution in [3.05, 3.63) is 271 Å². The fourth-order valence-corrected chi connectivity index (χ4v) is 10.8. The second kappa shape index (κ2) is 15.7. The van der Waals surface area contributed by atoms with E-state index in [1.807, 2.05) is 18.2 Å². The Balaban J connectivity index is 0.997. The van der Waals surface area contributed by atoms with Gasteiger partial charge in [0.25, 0.3) is 0 Å². The first-order valence-electron chi connectivity index (χ1n) is 22.9. The van der Waals surface area contributed by atoms with Gasteiger partial charge in [-0.1, -0.05) is 224 Å². The summed E-state index contributed by atoms with van der Waals surface area (Å²) in [6, 6.07) is 89.4. The number of rotatable bonds is 7. The molecule has 0 fully saturated rings. The van der Waals surface area contributed by atoms with Crippen molar-refractivity contribution < 1.29 is 0 Å². The molecule has 1 heterocycles. The first kappa shape index (κ1) is 38.6. The van der Waals surface area contributed by atoms with Crippen LogP contribution in [-0.2, 0) is 5.41 Å². The van der Waals surface area contributed by atoms with Gasteiger partial charge in [-0.05, 0) is 113 Å². The van der Waals surface area contributed by atoms with Gasteiger partial charge in [0.15, 0.2) is 17.5 Å². The van der Waals surface area contributed by atoms with Gasteiger partial charge in [0, 0.05) is 16.7 Å². The monoisotopic (exact) mass is 851 g/mol. The highest BCUT2D eigenvalue weighted by atomic mass is 15.0. The molecule has 0 N–H and O–H groups in total. The minimum atomic E-state index is -0.477. The van der Waals surface area contributed by atoms with Crippen LogP contribution in [0.25, 0.3) is 101 Å². The lowest BCUT2D eigenvalue weighted by molar-refractivity contribution is 0.794. The van der Waals surface area contributed by atoms with E-state index in [-0.39, 0.29) is 0 Å². The summed E-state index contributed by atoms with van der Waals surface area (Å²) in [7, 11) is 0. The van der Waals surface area contributed by atoms with Crippen LogP contribution in [0.2, 0.25) is 0 Å². The van der Waals surface area contributed by atoms with Crippen LogP contribution >= 0.6 is 0 Å². The van der Waals surface area contributed by atoms with Crippen LogP contribution in [0.1, 0.15) is 22.3 Å². The van der Waals surface area contributed by atoms with E-state index in [1.54, 1.807) is 0 Å². The third kappa shape index (κ3) is 6.24. The maximum absolute atomic E-state index is 5.37. The van der Waals surface area contributed by atoms with Crippen LogP contribution in [0.3, 0.4) is 0 Å². The highest BCUT2D eigenvalue weighted by molar-refractivity contribution is 5.99. The number of benzene rings is 10. The average molecular weight is 852 g/mol. The summed E-state index contributed by atoms with van der Waals surface area (Å²) in [5.74, 6) is 1.88. The third-order valence-corrected chi connectivity index (χ3v) is 13.7. The Hall–Kier alpha value is -8.79. The average Bonchev–Trinajstić information content (AvgIpc) is 3.88. The van der Waals surface area contributed by atoms with Crippen LogP contribution in [0.4, 0.5) is 0 Å². The molecule has 0 saturated carbocycles. The lowest BCUT2D eigenvalue weighted by Crippen LogP contribution is -2.25. The van der Waals surface area contributed by atoms with E-state index in [9.17, 15) is 0 Å². The summed E-state index contributed by atoms with van der Waals surface area (Å²) in [4.78, 5) is 15.9. The van der Waals surface area contributed by atoms with Crippen molar-refractivity contribution in [3.8, 4) is 101 Å². The molecule has 10 aromatic carbocycles. The molecule has 0 unspecified atom stereocenters. The minimum Gasteiger partial charge on any atom is -0.208 e. The highest BCUT2D eigenvalue weighted by Crippen LogP contribution is 2.63. The Bertz CT molecular complexity index is 3550. The third-order valence-electron chi connectivity index (χ3n) is 13.7. The Morgan fingerprint density at radius 3 is 1.09 bits per heavy atom. The zero-order chi connectivity index (χ0) is 44.3. The summed E-state index contributed by atoms with van der Waals surface area (Å²) >= 11 is 0. The summed E-state index contributed by atoms with van der Waals surface area (Å²) in [6.45, 7) is 0. The zero-order valence-electron chi connectivity index (χ0n) is 36.5. The topological polar surface area (TPSA) is 38.7 Å². The second-order valence-corrected chi connectivity index (χ2v) is 17.4. The Morgan fingerprint density at radius 2 is 0.582 bits per heavy atom. The molecule has 3 heteroatoms. The van der Waals surface area contributed by atoms with E-state index in [2.05, 4.69) is 231 Å². The lowest BCUT2D eigenvalue weighted by Gasteiger charge is -2.30. The molecule has 1 aromatic heterocycles. The first-order chi connectivity index (χ1) is 33.2. The van der Waals surface area contributed by atoms with Gasteiger partial charge in [-0.2, -0.15) is 0 Å². The molecule has 0 saturated heterocycles. The maximum Gasteiger partial charge on any atom is 0.164 e.